The molecule has 0 bridgehead atoms. The molecule has 1 fully saturated rings. The fourth-order valence-corrected chi connectivity index (χ4v) is 3.75. The quantitative estimate of drug-likeness (QED) is 0.793. The first-order valence-corrected chi connectivity index (χ1v) is 8.66. The Labute approximate surface area is 127 Å². The number of hydrogen-bond donors (Lipinski definition) is 1. The lowest BCUT2D eigenvalue weighted by Gasteiger charge is -2.48. The highest BCUT2D eigenvalue weighted by atomic mass is 15.2. The molecule has 0 aliphatic heterocycles. The van der Waals surface area contributed by atoms with Gasteiger partial charge in [0.25, 0.3) is 0 Å². The molecule has 0 aromatic carbocycles. The number of hydrogen-bond acceptors (Lipinski definition) is 2. The molecule has 120 valence electrons. The monoisotopic (exact) mass is 282 g/mol. The van der Waals surface area contributed by atoms with E-state index in [4.69, 9.17) is 5.73 Å². The van der Waals surface area contributed by atoms with Gasteiger partial charge in [0.1, 0.15) is 0 Å². The van der Waals surface area contributed by atoms with Crippen LogP contribution in [0.15, 0.2) is 0 Å². The highest BCUT2D eigenvalue weighted by Crippen LogP contribution is 2.43. The van der Waals surface area contributed by atoms with Gasteiger partial charge in [-0.1, -0.05) is 41.0 Å². The Hall–Kier alpha value is -0.0800. The maximum absolute atomic E-state index is 6.07. The van der Waals surface area contributed by atoms with Crippen LogP contribution >= 0.6 is 0 Å². The molecule has 4 atom stereocenters. The maximum Gasteiger partial charge on any atom is 0.0138 e. The van der Waals surface area contributed by atoms with E-state index < -0.39 is 0 Å². The molecule has 0 radical (unpaired) electrons. The summed E-state index contributed by atoms with van der Waals surface area (Å²) >= 11 is 0. The van der Waals surface area contributed by atoms with E-state index in [-0.39, 0.29) is 0 Å². The zero-order chi connectivity index (χ0) is 15.5. The van der Waals surface area contributed by atoms with Crippen molar-refractivity contribution in [1.82, 2.24) is 4.90 Å². The van der Waals surface area contributed by atoms with Crippen LogP contribution < -0.4 is 5.73 Å². The molecular formula is C18H38N2. The second kappa shape index (κ2) is 7.26. The van der Waals surface area contributed by atoms with Gasteiger partial charge in [-0.3, -0.25) is 0 Å². The summed E-state index contributed by atoms with van der Waals surface area (Å²) in [5.74, 6) is 2.24. The van der Waals surface area contributed by atoms with Crippen molar-refractivity contribution in [3.05, 3.63) is 0 Å². The van der Waals surface area contributed by atoms with Crippen LogP contribution in [0.1, 0.15) is 67.2 Å². The molecule has 0 spiro atoms. The Morgan fingerprint density at radius 3 is 2.25 bits per heavy atom. The summed E-state index contributed by atoms with van der Waals surface area (Å²) in [6.45, 7) is 15.1. The molecule has 1 rings (SSSR count). The molecule has 20 heavy (non-hydrogen) atoms. The lowest BCUT2D eigenvalue weighted by Crippen LogP contribution is -2.51. The van der Waals surface area contributed by atoms with Gasteiger partial charge in [0.05, 0.1) is 0 Å². The van der Waals surface area contributed by atoms with Crippen LogP contribution in [0.2, 0.25) is 0 Å². The number of nitrogens with zero attached hydrogens (tertiary/aromatic N) is 1. The van der Waals surface area contributed by atoms with Crippen LogP contribution in [-0.4, -0.2) is 30.6 Å². The summed E-state index contributed by atoms with van der Waals surface area (Å²) in [4.78, 5) is 2.63. The zero-order valence-electron chi connectivity index (χ0n) is 14.9. The van der Waals surface area contributed by atoms with E-state index in [1.165, 1.54) is 25.7 Å². The van der Waals surface area contributed by atoms with Crippen molar-refractivity contribution in [3.8, 4) is 0 Å². The normalized spacial score (nSPS) is 30.0. The molecule has 4 unspecified atom stereocenters. The van der Waals surface area contributed by atoms with Crippen molar-refractivity contribution >= 4 is 0 Å². The van der Waals surface area contributed by atoms with E-state index in [0.717, 1.165) is 12.5 Å². The van der Waals surface area contributed by atoms with Gasteiger partial charge in [-0.05, 0) is 62.9 Å². The molecular weight excluding hydrogens is 244 g/mol. The average molecular weight is 283 g/mol. The Morgan fingerprint density at radius 1 is 1.20 bits per heavy atom. The minimum atomic E-state index is 0.472. The van der Waals surface area contributed by atoms with Crippen LogP contribution in [-0.2, 0) is 0 Å². The third-order valence-electron chi connectivity index (χ3n) is 6.41. The first kappa shape index (κ1) is 18.0. The van der Waals surface area contributed by atoms with Crippen LogP contribution in [0.3, 0.4) is 0 Å². The van der Waals surface area contributed by atoms with Gasteiger partial charge in [0.2, 0.25) is 0 Å². The third kappa shape index (κ3) is 3.98. The van der Waals surface area contributed by atoms with Crippen molar-refractivity contribution in [2.45, 2.75) is 79.3 Å². The van der Waals surface area contributed by atoms with E-state index in [1.54, 1.807) is 0 Å². The number of rotatable bonds is 6. The molecule has 2 heteroatoms. The third-order valence-corrected chi connectivity index (χ3v) is 6.41. The van der Waals surface area contributed by atoms with Crippen LogP contribution in [0, 0.1) is 23.2 Å². The fraction of sp³-hybridized carbons (Fsp3) is 1.00. The SMILES string of the molecule is CCC(C)(C)C1CCC(CN)C(N(C)C(C)C(C)C)C1. The van der Waals surface area contributed by atoms with E-state index in [1.807, 2.05) is 0 Å². The zero-order valence-corrected chi connectivity index (χ0v) is 14.9. The molecule has 1 saturated carbocycles. The minimum Gasteiger partial charge on any atom is -0.330 e. The maximum atomic E-state index is 6.07. The molecule has 0 amide bonds. The summed E-state index contributed by atoms with van der Waals surface area (Å²) in [5.41, 5.74) is 6.54. The van der Waals surface area contributed by atoms with Gasteiger partial charge in [0.15, 0.2) is 0 Å². The highest BCUT2D eigenvalue weighted by molar-refractivity contribution is 4.92. The fourth-order valence-electron chi connectivity index (χ4n) is 3.75. The van der Waals surface area contributed by atoms with Crippen molar-refractivity contribution in [1.29, 1.82) is 0 Å². The van der Waals surface area contributed by atoms with Gasteiger partial charge in [-0.25, -0.2) is 0 Å². The molecule has 0 heterocycles. The molecule has 1 aliphatic rings. The Balaban J connectivity index is 2.83. The Kier molecular flexibility index (Phi) is 6.53. The van der Waals surface area contributed by atoms with Crippen molar-refractivity contribution in [2.24, 2.45) is 28.9 Å². The molecule has 0 aromatic rings. The van der Waals surface area contributed by atoms with Crippen LogP contribution in [0.4, 0.5) is 0 Å². The highest BCUT2D eigenvalue weighted by Gasteiger charge is 2.39. The van der Waals surface area contributed by atoms with Crippen LogP contribution in [0.5, 0.6) is 0 Å². The lowest BCUT2D eigenvalue weighted by molar-refractivity contribution is 0.0239. The van der Waals surface area contributed by atoms with Crippen molar-refractivity contribution in [2.75, 3.05) is 13.6 Å². The molecule has 1 aliphatic carbocycles. The summed E-state index contributed by atoms with van der Waals surface area (Å²) in [5, 5.41) is 0. The van der Waals surface area contributed by atoms with E-state index in [0.29, 0.717) is 29.3 Å². The van der Waals surface area contributed by atoms with Crippen molar-refractivity contribution < 1.29 is 0 Å². The topological polar surface area (TPSA) is 29.3 Å². The largest absolute Gasteiger partial charge is 0.330 e. The van der Waals surface area contributed by atoms with Crippen LogP contribution in [0.25, 0.3) is 0 Å². The summed E-state index contributed by atoms with van der Waals surface area (Å²) < 4.78 is 0. The van der Waals surface area contributed by atoms with E-state index >= 15 is 0 Å². The van der Waals surface area contributed by atoms with Gasteiger partial charge in [0, 0.05) is 12.1 Å². The predicted octanol–water partition coefficient (Wildman–Crippen LogP) is 4.14. The molecule has 2 N–H and O–H groups in total. The predicted molar refractivity (Wildman–Crippen MR) is 89.8 cm³/mol. The first-order valence-electron chi connectivity index (χ1n) is 8.66. The van der Waals surface area contributed by atoms with Gasteiger partial charge < -0.3 is 10.6 Å². The van der Waals surface area contributed by atoms with E-state index in [2.05, 4.69) is 53.5 Å². The second-order valence-corrected chi connectivity index (χ2v) is 8.07. The average Bonchev–Trinajstić information content (AvgIpc) is 2.44. The summed E-state index contributed by atoms with van der Waals surface area (Å²) in [6.07, 6.45) is 5.28. The molecule has 0 saturated heterocycles. The van der Waals surface area contributed by atoms with Gasteiger partial charge >= 0.3 is 0 Å². The summed E-state index contributed by atoms with van der Waals surface area (Å²) in [6, 6.07) is 1.31. The van der Waals surface area contributed by atoms with E-state index in [9.17, 15) is 0 Å². The standard InChI is InChI=1S/C18H38N2/c1-8-18(5,6)16-10-9-15(12-19)17(11-16)20(7)14(4)13(2)3/h13-17H,8-12,19H2,1-7H3. The Bertz CT molecular complexity index is 285. The molecule has 0 aromatic heterocycles. The Morgan fingerprint density at radius 2 is 1.80 bits per heavy atom. The van der Waals surface area contributed by atoms with Crippen molar-refractivity contribution in [3.63, 3.8) is 0 Å². The first-order chi connectivity index (χ1) is 9.24. The summed E-state index contributed by atoms with van der Waals surface area (Å²) in [7, 11) is 2.32. The minimum absolute atomic E-state index is 0.472. The second-order valence-electron chi connectivity index (χ2n) is 8.07. The van der Waals surface area contributed by atoms with Gasteiger partial charge in [-0.2, -0.15) is 0 Å². The van der Waals surface area contributed by atoms with Gasteiger partial charge in [-0.15, -0.1) is 0 Å². The molecule has 2 nitrogen and oxygen atoms in total. The lowest BCUT2D eigenvalue weighted by atomic mass is 9.65. The number of nitrogens with two attached hydrogens (primary N) is 1. The smallest absolute Gasteiger partial charge is 0.0138 e.